The lowest BCUT2D eigenvalue weighted by atomic mass is 9.74. The van der Waals surface area contributed by atoms with Crippen LogP contribution >= 0.6 is 0 Å². The van der Waals surface area contributed by atoms with E-state index in [0.29, 0.717) is 0 Å². The van der Waals surface area contributed by atoms with Gasteiger partial charge in [0.15, 0.2) is 0 Å². The van der Waals surface area contributed by atoms with Crippen molar-refractivity contribution in [2.45, 2.75) is 77.6 Å². The van der Waals surface area contributed by atoms with Crippen LogP contribution in [-0.4, -0.2) is 30.4 Å². The highest BCUT2D eigenvalue weighted by Gasteiger charge is 2.28. The SMILES string of the molecule is CC(C)(C)c1cncc(-c2ccc(C(C)(C)CCC(C)(C)c3ccnnc3)nn2)n1. The van der Waals surface area contributed by atoms with Crippen LogP contribution in [0.1, 0.15) is 78.3 Å². The van der Waals surface area contributed by atoms with Gasteiger partial charge in [-0.25, -0.2) is 4.98 Å². The lowest BCUT2D eigenvalue weighted by molar-refractivity contribution is 0.366. The molecule has 0 aliphatic heterocycles. The monoisotopic (exact) mass is 404 g/mol. The summed E-state index contributed by atoms with van der Waals surface area (Å²) in [5.41, 5.74) is 4.49. The Morgan fingerprint density at radius 2 is 1.40 bits per heavy atom. The van der Waals surface area contributed by atoms with Crippen molar-refractivity contribution in [3.8, 4) is 11.4 Å². The maximum Gasteiger partial charge on any atom is 0.113 e. The van der Waals surface area contributed by atoms with Crippen LogP contribution in [0.15, 0.2) is 43.0 Å². The minimum absolute atomic E-state index is 0.0174. The van der Waals surface area contributed by atoms with Crippen molar-refractivity contribution in [3.05, 3.63) is 59.9 Å². The molecule has 0 aliphatic carbocycles. The van der Waals surface area contributed by atoms with Crippen molar-refractivity contribution in [1.29, 1.82) is 0 Å². The van der Waals surface area contributed by atoms with E-state index in [-0.39, 0.29) is 16.2 Å². The average molecular weight is 405 g/mol. The Hall–Kier alpha value is -2.76. The zero-order valence-electron chi connectivity index (χ0n) is 19.1. The molecule has 6 nitrogen and oxygen atoms in total. The summed E-state index contributed by atoms with van der Waals surface area (Å²) >= 11 is 0. The summed E-state index contributed by atoms with van der Waals surface area (Å²) in [5.74, 6) is 0. The van der Waals surface area contributed by atoms with Gasteiger partial charge in [0.2, 0.25) is 0 Å². The summed E-state index contributed by atoms with van der Waals surface area (Å²) in [4.78, 5) is 9.08. The van der Waals surface area contributed by atoms with E-state index in [4.69, 9.17) is 4.98 Å². The van der Waals surface area contributed by atoms with Gasteiger partial charge in [-0.3, -0.25) is 4.98 Å². The van der Waals surface area contributed by atoms with Crippen molar-refractivity contribution < 1.29 is 0 Å². The quantitative estimate of drug-likeness (QED) is 0.572. The lowest BCUT2D eigenvalue weighted by Gasteiger charge is -2.30. The van der Waals surface area contributed by atoms with Gasteiger partial charge in [0, 0.05) is 23.2 Å². The van der Waals surface area contributed by atoms with Gasteiger partial charge < -0.3 is 0 Å². The maximum absolute atomic E-state index is 4.73. The standard InChI is InChI=1S/C24H32N6/c1-22(2,3)21-16-25-15-19(28-21)18-8-9-20(30-29-18)24(6,7)12-11-23(4,5)17-10-13-26-27-14-17/h8-10,13-16H,11-12H2,1-7H3. The fraction of sp³-hybridized carbons (Fsp3) is 0.500. The average Bonchev–Trinajstić information content (AvgIpc) is 2.73. The van der Waals surface area contributed by atoms with E-state index in [1.807, 2.05) is 24.5 Å². The molecule has 6 heteroatoms. The second kappa shape index (κ2) is 8.17. The van der Waals surface area contributed by atoms with E-state index in [1.54, 1.807) is 12.4 Å². The van der Waals surface area contributed by atoms with Crippen molar-refractivity contribution >= 4 is 0 Å². The molecule has 3 rings (SSSR count). The smallest absolute Gasteiger partial charge is 0.113 e. The van der Waals surface area contributed by atoms with Crippen LogP contribution < -0.4 is 0 Å². The summed E-state index contributed by atoms with van der Waals surface area (Å²) in [5, 5.41) is 16.9. The Balaban J connectivity index is 1.75. The zero-order valence-corrected chi connectivity index (χ0v) is 19.1. The van der Waals surface area contributed by atoms with Crippen LogP contribution in [0.25, 0.3) is 11.4 Å². The Morgan fingerprint density at radius 1 is 0.667 bits per heavy atom. The predicted molar refractivity (Wildman–Crippen MR) is 119 cm³/mol. The number of nitrogens with zero attached hydrogens (tertiary/aromatic N) is 6. The lowest BCUT2D eigenvalue weighted by Crippen LogP contribution is -2.25. The number of aromatic nitrogens is 6. The molecule has 0 saturated carbocycles. The summed E-state index contributed by atoms with van der Waals surface area (Å²) < 4.78 is 0. The fourth-order valence-electron chi connectivity index (χ4n) is 3.27. The van der Waals surface area contributed by atoms with Crippen molar-refractivity contribution in [2.24, 2.45) is 0 Å². The van der Waals surface area contributed by atoms with Crippen LogP contribution in [0.3, 0.4) is 0 Å². The van der Waals surface area contributed by atoms with E-state index in [9.17, 15) is 0 Å². The highest BCUT2D eigenvalue weighted by atomic mass is 15.1. The first-order valence-electron chi connectivity index (χ1n) is 10.4. The molecule has 0 bridgehead atoms. The third kappa shape index (κ3) is 5.04. The molecule has 3 aromatic rings. The molecule has 3 aromatic heterocycles. The first-order chi connectivity index (χ1) is 14.0. The largest absolute Gasteiger partial charge is 0.260 e. The van der Waals surface area contributed by atoms with Gasteiger partial charge in [0.1, 0.15) is 11.4 Å². The van der Waals surface area contributed by atoms with E-state index in [2.05, 4.69) is 79.9 Å². The van der Waals surface area contributed by atoms with Gasteiger partial charge in [0.25, 0.3) is 0 Å². The van der Waals surface area contributed by atoms with Crippen molar-refractivity contribution in [2.75, 3.05) is 0 Å². The van der Waals surface area contributed by atoms with Gasteiger partial charge in [-0.05, 0) is 42.0 Å². The van der Waals surface area contributed by atoms with Gasteiger partial charge in [-0.15, -0.1) is 5.10 Å². The van der Waals surface area contributed by atoms with E-state index in [0.717, 1.165) is 35.6 Å². The molecule has 0 aliphatic rings. The Morgan fingerprint density at radius 3 is 2.00 bits per heavy atom. The van der Waals surface area contributed by atoms with Crippen molar-refractivity contribution in [1.82, 2.24) is 30.4 Å². The zero-order chi connectivity index (χ0) is 22.0. The van der Waals surface area contributed by atoms with Gasteiger partial charge >= 0.3 is 0 Å². The first-order valence-corrected chi connectivity index (χ1v) is 10.4. The molecule has 0 amide bonds. The molecule has 0 fully saturated rings. The molecule has 0 radical (unpaired) electrons. The molecule has 0 aromatic carbocycles. The van der Waals surface area contributed by atoms with Gasteiger partial charge in [0.05, 0.1) is 23.8 Å². The van der Waals surface area contributed by atoms with E-state index in [1.165, 1.54) is 5.56 Å². The molecule has 0 atom stereocenters. The third-order valence-electron chi connectivity index (χ3n) is 5.76. The Bertz CT molecular complexity index is 973. The Labute approximate surface area is 179 Å². The molecule has 0 unspecified atom stereocenters. The molecule has 3 heterocycles. The Kier molecular flexibility index (Phi) is 5.97. The summed E-state index contributed by atoms with van der Waals surface area (Å²) in [6.07, 6.45) is 9.16. The highest BCUT2D eigenvalue weighted by Crippen LogP contribution is 2.35. The molecular formula is C24H32N6. The van der Waals surface area contributed by atoms with Crippen molar-refractivity contribution in [3.63, 3.8) is 0 Å². The predicted octanol–water partition coefficient (Wildman–Crippen LogP) is 5.06. The fourth-order valence-corrected chi connectivity index (χ4v) is 3.27. The second-order valence-electron chi connectivity index (χ2n) is 10.2. The van der Waals surface area contributed by atoms with Crippen LogP contribution in [0.5, 0.6) is 0 Å². The molecule has 158 valence electrons. The summed E-state index contributed by atoms with van der Waals surface area (Å²) in [7, 11) is 0. The number of hydrogen-bond acceptors (Lipinski definition) is 6. The molecular weight excluding hydrogens is 372 g/mol. The van der Waals surface area contributed by atoms with Crippen LogP contribution in [0.4, 0.5) is 0 Å². The molecule has 30 heavy (non-hydrogen) atoms. The molecule has 0 N–H and O–H groups in total. The van der Waals surface area contributed by atoms with E-state index < -0.39 is 0 Å². The first kappa shape index (κ1) is 21.9. The maximum atomic E-state index is 4.73. The van der Waals surface area contributed by atoms with E-state index >= 15 is 0 Å². The van der Waals surface area contributed by atoms with Gasteiger partial charge in [-0.1, -0.05) is 48.5 Å². The summed E-state index contributed by atoms with van der Waals surface area (Å²) in [6.45, 7) is 15.3. The summed E-state index contributed by atoms with van der Waals surface area (Å²) in [6, 6.07) is 6.11. The third-order valence-corrected chi connectivity index (χ3v) is 5.76. The minimum Gasteiger partial charge on any atom is -0.260 e. The highest BCUT2D eigenvalue weighted by molar-refractivity contribution is 5.52. The van der Waals surface area contributed by atoms with Gasteiger partial charge in [-0.2, -0.15) is 15.3 Å². The number of rotatable bonds is 6. The minimum atomic E-state index is -0.0950. The van der Waals surface area contributed by atoms with Crippen LogP contribution in [-0.2, 0) is 16.2 Å². The molecule has 0 spiro atoms. The van der Waals surface area contributed by atoms with Crippen LogP contribution in [0, 0.1) is 0 Å². The topological polar surface area (TPSA) is 77.3 Å². The van der Waals surface area contributed by atoms with Crippen LogP contribution in [0.2, 0.25) is 0 Å². The molecule has 0 saturated heterocycles. The number of hydrogen-bond donors (Lipinski definition) is 0. The normalized spacial score (nSPS) is 12.8. The second-order valence-corrected chi connectivity index (χ2v) is 10.2.